The van der Waals surface area contributed by atoms with Crippen molar-refractivity contribution in [3.63, 3.8) is 0 Å². The molecule has 1 nitrogen and oxygen atoms in total. The predicted molar refractivity (Wildman–Crippen MR) is 204 cm³/mol. The van der Waals surface area contributed by atoms with Crippen LogP contribution in [0.1, 0.15) is 126 Å². The maximum absolute atomic E-state index is 6.93. The Bertz CT molecular complexity index is 1700. The molecule has 6 rings (SSSR count). The molecule has 0 fully saturated rings. The van der Waals surface area contributed by atoms with Crippen molar-refractivity contribution in [2.24, 2.45) is 5.92 Å². The number of hydrogen-bond donors (Lipinski definition) is 0. The van der Waals surface area contributed by atoms with Crippen LogP contribution in [-0.2, 0) is 26.9 Å². The summed E-state index contributed by atoms with van der Waals surface area (Å²) in [6, 6.07) is 26.1. The fourth-order valence-corrected chi connectivity index (χ4v) is 8.92. The highest BCUT2D eigenvalue weighted by Gasteiger charge is 2.54. The minimum Gasteiger partial charge on any atom is -0.493 e. The van der Waals surface area contributed by atoms with Crippen molar-refractivity contribution in [2.45, 2.75) is 108 Å². The van der Waals surface area contributed by atoms with Gasteiger partial charge < -0.3 is 4.74 Å². The van der Waals surface area contributed by atoms with Gasteiger partial charge in [-0.25, -0.2) is 0 Å². The maximum Gasteiger partial charge on any atom is 0.124 e. The van der Waals surface area contributed by atoms with Gasteiger partial charge in [-0.05, 0) is 90.4 Å². The second-order valence-electron chi connectivity index (χ2n) is 15.6. The maximum atomic E-state index is 6.93. The van der Waals surface area contributed by atoms with E-state index in [1.54, 1.807) is 0 Å². The van der Waals surface area contributed by atoms with Crippen LogP contribution in [0.5, 0.6) is 5.75 Å². The van der Waals surface area contributed by atoms with Gasteiger partial charge in [-0.15, -0.1) is 0 Å². The standard InChI is InChI=1S/C43H50Br2O/c1-9-11-14-27(10-2)26-46-38-21-28(24-44)39-33-15-12-13-16-35(33)43(40(39)34(38)25-45)36-22-29(41(3,4)5)17-19-31(36)32-20-18-30(23-37(32)43)42(6,7)8/h12-13,15-23,27H,9-11,14,24-26H2,1-8H3. The van der Waals surface area contributed by atoms with Crippen molar-refractivity contribution in [1.82, 2.24) is 0 Å². The molecule has 1 unspecified atom stereocenters. The highest BCUT2D eigenvalue weighted by atomic mass is 79.9. The van der Waals surface area contributed by atoms with E-state index in [-0.39, 0.29) is 10.8 Å². The van der Waals surface area contributed by atoms with Gasteiger partial charge in [0.2, 0.25) is 0 Å². The first-order valence-corrected chi connectivity index (χ1v) is 19.5. The van der Waals surface area contributed by atoms with Gasteiger partial charge in [0.05, 0.1) is 12.0 Å². The quantitative estimate of drug-likeness (QED) is 0.134. The topological polar surface area (TPSA) is 9.23 Å². The zero-order valence-corrected chi connectivity index (χ0v) is 32.2. The van der Waals surface area contributed by atoms with Crippen LogP contribution in [0, 0.1) is 5.92 Å². The molecule has 0 heterocycles. The molecule has 1 atom stereocenters. The number of benzene rings is 4. The van der Waals surface area contributed by atoms with Crippen molar-refractivity contribution >= 4 is 31.9 Å². The van der Waals surface area contributed by atoms with Gasteiger partial charge in [-0.1, -0.05) is 167 Å². The first-order valence-electron chi connectivity index (χ1n) is 17.3. The van der Waals surface area contributed by atoms with Crippen molar-refractivity contribution in [2.75, 3.05) is 6.61 Å². The Morgan fingerprint density at radius 2 is 1.33 bits per heavy atom. The van der Waals surface area contributed by atoms with E-state index >= 15 is 0 Å². The molecular formula is C43H50Br2O. The summed E-state index contributed by atoms with van der Waals surface area (Å²) in [7, 11) is 0. The molecule has 0 N–H and O–H groups in total. The second-order valence-corrected chi connectivity index (χ2v) is 16.7. The SMILES string of the molecule is CCCCC(CC)COc1cc(CBr)c2c(c1CBr)C1(c3cc(C(C)(C)C)ccc3-c3ccc(C(C)(C)C)cc31)c1ccccc1-2. The number of unbranched alkanes of at least 4 members (excludes halogenated alkanes) is 1. The van der Waals surface area contributed by atoms with Crippen molar-refractivity contribution < 1.29 is 4.74 Å². The van der Waals surface area contributed by atoms with E-state index in [1.807, 2.05) is 0 Å². The summed E-state index contributed by atoms with van der Waals surface area (Å²) in [5, 5.41) is 1.51. The molecule has 4 aromatic carbocycles. The van der Waals surface area contributed by atoms with E-state index in [9.17, 15) is 0 Å². The van der Waals surface area contributed by atoms with Crippen molar-refractivity contribution in [1.29, 1.82) is 0 Å². The van der Waals surface area contributed by atoms with E-state index in [4.69, 9.17) is 4.74 Å². The van der Waals surface area contributed by atoms with Crippen LogP contribution in [0.4, 0.5) is 0 Å². The number of hydrogen-bond acceptors (Lipinski definition) is 1. The van der Waals surface area contributed by atoms with Crippen LogP contribution in [0.15, 0.2) is 66.7 Å². The van der Waals surface area contributed by atoms with Crippen molar-refractivity contribution in [3.8, 4) is 28.0 Å². The summed E-state index contributed by atoms with van der Waals surface area (Å²) < 4.78 is 6.93. The lowest BCUT2D eigenvalue weighted by atomic mass is 9.67. The lowest BCUT2D eigenvalue weighted by molar-refractivity contribution is 0.231. The van der Waals surface area contributed by atoms with E-state index in [2.05, 4.69) is 154 Å². The molecule has 0 aliphatic heterocycles. The van der Waals surface area contributed by atoms with Gasteiger partial charge in [0.25, 0.3) is 0 Å². The molecule has 1 spiro atoms. The fourth-order valence-electron chi connectivity index (χ4n) is 7.93. The number of fused-ring (bicyclic) bond motifs is 10. The van der Waals surface area contributed by atoms with Crippen LogP contribution in [0.3, 0.4) is 0 Å². The Morgan fingerprint density at radius 3 is 1.85 bits per heavy atom. The molecule has 0 amide bonds. The summed E-state index contributed by atoms with van der Waals surface area (Å²) >= 11 is 7.97. The third kappa shape index (κ3) is 5.33. The van der Waals surface area contributed by atoms with Crippen molar-refractivity contribution in [3.05, 3.63) is 111 Å². The normalized spacial score (nSPS) is 15.0. The van der Waals surface area contributed by atoms with E-state index in [1.165, 1.54) is 86.0 Å². The van der Waals surface area contributed by atoms with Gasteiger partial charge in [0.1, 0.15) is 5.75 Å². The molecule has 4 aromatic rings. The molecule has 242 valence electrons. The summed E-state index contributed by atoms with van der Waals surface area (Å²) in [4.78, 5) is 0. The first-order chi connectivity index (χ1) is 21.9. The van der Waals surface area contributed by atoms with Crippen LogP contribution in [0.25, 0.3) is 22.3 Å². The van der Waals surface area contributed by atoms with Gasteiger partial charge >= 0.3 is 0 Å². The number of halogens is 2. The molecule has 0 radical (unpaired) electrons. The fraction of sp³-hybridized carbons (Fsp3) is 0.442. The highest BCUT2D eigenvalue weighted by Crippen LogP contribution is 2.65. The zero-order chi connectivity index (χ0) is 33.0. The number of ether oxygens (including phenoxy) is 1. The molecule has 2 aliphatic carbocycles. The van der Waals surface area contributed by atoms with Crippen LogP contribution < -0.4 is 4.74 Å². The van der Waals surface area contributed by atoms with Gasteiger partial charge in [-0.3, -0.25) is 0 Å². The van der Waals surface area contributed by atoms with Gasteiger partial charge in [0.15, 0.2) is 0 Å². The Balaban J connectivity index is 1.73. The van der Waals surface area contributed by atoms with Crippen LogP contribution in [0.2, 0.25) is 0 Å². The highest BCUT2D eigenvalue weighted by molar-refractivity contribution is 9.08. The Kier molecular flexibility index (Phi) is 9.18. The molecule has 0 saturated heterocycles. The monoisotopic (exact) mass is 740 g/mol. The van der Waals surface area contributed by atoms with Crippen LogP contribution in [-0.4, -0.2) is 6.61 Å². The van der Waals surface area contributed by atoms with E-state index in [0.717, 1.165) is 29.4 Å². The minimum absolute atomic E-state index is 0.0282. The zero-order valence-electron chi connectivity index (χ0n) is 29.0. The number of rotatable bonds is 9. The Hall–Kier alpha value is -2.36. The minimum atomic E-state index is -0.440. The Labute approximate surface area is 294 Å². The third-order valence-electron chi connectivity index (χ3n) is 10.6. The molecule has 2 aliphatic rings. The first kappa shape index (κ1) is 33.5. The number of alkyl halides is 2. The third-order valence-corrected chi connectivity index (χ3v) is 11.8. The molecule has 3 heteroatoms. The van der Waals surface area contributed by atoms with E-state index in [0.29, 0.717) is 5.92 Å². The predicted octanol–water partition coefficient (Wildman–Crippen LogP) is 13.0. The largest absolute Gasteiger partial charge is 0.493 e. The Morgan fingerprint density at radius 1 is 0.717 bits per heavy atom. The molecule has 46 heavy (non-hydrogen) atoms. The molecule has 0 aromatic heterocycles. The molecule has 0 saturated carbocycles. The van der Waals surface area contributed by atoms with Gasteiger partial charge in [0, 0.05) is 16.2 Å². The van der Waals surface area contributed by atoms with Crippen LogP contribution >= 0.6 is 31.9 Å². The molecule has 0 bridgehead atoms. The average molecular weight is 743 g/mol. The summed E-state index contributed by atoms with van der Waals surface area (Å²) in [5.74, 6) is 1.59. The summed E-state index contributed by atoms with van der Waals surface area (Å²) in [5.41, 5.74) is 15.9. The lowest BCUT2D eigenvalue weighted by Gasteiger charge is -2.34. The van der Waals surface area contributed by atoms with E-state index < -0.39 is 5.41 Å². The molecular weight excluding hydrogens is 692 g/mol. The second kappa shape index (κ2) is 12.6. The van der Waals surface area contributed by atoms with Gasteiger partial charge in [-0.2, -0.15) is 0 Å². The summed E-state index contributed by atoms with van der Waals surface area (Å²) in [6.45, 7) is 19.3. The lowest BCUT2D eigenvalue weighted by Crippen LogP contribution is -2.29. The summed E-state index contributed by atoms with van der Waals surface area (Å²) in [6.07, 6.45) is 4.83. The average Bonchev–Trinajstić information content (AvgIpc) is 3.50. The smallest absolute Gasteiger partial charge is 0.124 e.